The number of carbonyl (C=O) groups is 3. The van der Waals surface area contributed by atoms with Crippen molar-refractivity contribution in [2.24, 2.45) is 0 Å². The van der Waals surface area contributed by atoms with E-state index in [4.69, 9.17) is 4.52 Å². The van der Waals surface area contributed by atoms with Gasteiger partial charge in [0.05, 0.1) is 0 Å². The number of hydrogen-bond acceptors (Lipinski definition) is 6. The molecule has 1 aromatic heterocycles. The first-order valence-electron chi connectivity index (χ1n) is 10.0. The highest BCUT2D eigenvalue weighted by Gasteiger charge is 2.43. The van der Waals surface area contributed by atoms with Crippen LogP contribution in [-0.4, -0.2) is 34.5 Å². The normalized spacial score (nSPS) is 22.9. The molecule has 0 spiro atoms. The fourth-order valence-electron chi connectivity index (χ4n) is 3.98. The van der Waals surface area contributed by atoms with Gasteiger partial charge in [0.15, 0.2) is 0 Å². The van der Waals surface area contributed by atoms with Crippen LogP contribution in [0.25, 0.3) is 11.4 Å². The molecule has 0 saturated carbocycles. The predicted molar refractivity (Wildman–Crippen MR) is 110 cm³/mol. The van der Waals surface area contributed by atoms with Crippen molar-refractivity contribution < 1.29 is 23.3 Å². The summed E-state index contributed by atoms with van der Waals surface area (Å²) in [5, 5.41) is 8.83. The molecule has 3 aromatic rings. The fourth-order valence-corrected chi connectivity index (χ4v) is 3.98. The van der Waals surface area contributed by atoms with Gasteiger partial charge < -0.3 is 14.7 Å². The summed E-state index contributed by atoms with van der Waals surface area (Å²) in [4.78, 5) is 42.4. The number of aromatic nitrogens is 2. The van der Waals surface area contributed by atoms with Crippen LogP contribution in [0.1, 0.15) is 30.7 Å². The molecule has 3 heterocycles. The van der Waals surface area contributed by atoms with Crippen LogP contribution < -0.4 is 15.5 Å². The Hall–Kier alpha value is -4.08. The van der Waals surface area contributed by atoms with Crippen LogP contribution in [0.5, 0.6) is 0 Å². The number of nitrogens with one attached hydrogen (secondary N) is 2. The molecular weight excluding hydrogens is 417 g/mol. The topological polar surface area (TPSA) is 117 Å². The minimum absolute atomic E-state index is 0.182. The largest absolute Gasteiger partial charge is 0.338 e. The maximum absolute atomic E-state index is 13.2. The summed E-state index contributed by atoms with van der Waals surface area (Å²) < 4.78 is 18.5. The van der Waals surface area contributed by atoms with Gasteiger partial charge in [-0.05, 0) is 43.2 Å². The van der Waals surface area contributed by atoms with Crippen molar-refractivity contribution in [3.63, 3.8) is 0 Å². The molecular formula is C22H18FN5O4. The van der Waals surface area contributed by atoms with E-state index in [1.165, 1.54) is 12.1 Å². The third-order valence-corrected chi connectivity index (χ3v) is 5.85. The first-order valence-corrected chi connectivity index (χ1v) is 10.0. The molecule has 9 nitrogen and oxygen atoms in total. The minimum Gasteiger partial charge on any atom is -0.338 e. The summed E-state index contributed by atoms with van der Waals surface area (Å²) in [6.45, 7) is 2.08. The van der Waals surface area contributed by atoms with Crippen molar-refractivity contribution >= 4 is 23.5 Å². The van der Waals surface area contributed by atoms with Gasteiger partial charge in [-0.25, -0.2) is 9.18 Å². The Bertz CT molecular complexity index is 1220. The molecule has 2 saturated heterocycles. The van der Waals surface area contributed by atoms with Gasteiger partial charge in [-0.2, -0.15) is 4.98 Å². The number of carbonyl (C=O) groups excluding carboxylic acids is 3. The zero-order chi connectivity index (χ0) is 22.5. The van der Waals surface area contributed by atoms with Crippen molar-refractivity contribution in [1.82, 2.24) is 20.8 Å². The zero-order valence-corrected chi connectivity index (χ0v) is 17.0. The van der Waals surface area contributed by atoms with E-state index in [1.807, 2.05) is 0 Å². The van der Waals surface area contributed by atoms with E-state index < -0.39 is 23.4 Å². The number of halogens is 1. The molecule has 2 N–H and O–H groups in total. The lowest BCUT2D eigenvalue weighted by molar-refractivity contribution is -0.123. The molecule has 2 atom stereocenters. The van der Waals surface area contributed by atoms with E-state index >= 15 is 0 Å². The molecule has 0 bridgehead atoms. The molecule has 162 valence electrons. The van der Waals surface area contributed by atoms with Crippen molar-refractivity contribution in [3.05, 3.63) is 65.8 Å². The summed E-state index contributed by atoms with van der Waals surface area (Å²) in [6, 6.07) is 12.0. The first kappa shape index (κ1) is 19.9. The van der Waals surface area contributed by atoms with Crippen molar-refractivity contribution in [2.45, 2.75) is 24.8 Å². The molecule has 0 radical (unpaired) electrons. The maximum atomic E-state index is 13.2. The average molecular weight is 435 g/mol. The molecule has 5 rings (SSSR count). The number of amides is 4. The minimum atomic E-state index is -1.15. The van der Waals surface area contributed by atoms with Crippen molar-refractivity contribution in [2.75, 3.05) is 11.4 Å². The number of nitrogens with zero attached hydrogens (tertiary/aromatic N) is 3. The van der Waals surface area contributed by atoms with Crippen LogP contribution in [0.4, 0.5) is 14.9 Å². The quantitative estimate of drug-likeness (QED) is 0.608. The summed E-state index contributed by atoms with van der Waals surface area (Å²) in [5.41, 5.74) is 0.705. The monoisotopic (exact) mass is 435 g/mol. The predicted octanol–water partition coefficient (Wildman–Crippen LogP) is 2.45. The SMILES string of the molecule is CC1(c2ccc(-c3noc(C4CCN(c5ccc(F)cc5)C4=O)n3)cc2)NC(=O)NC1=O. The van der Waals surface area contributed by atoms with Gasteiger partial charge in [0, 0.05) is 17.8 Å². The first-order chi connectivity index (χ1) is 15.3. The Kier molecular flexibility index (Phi) is 4.50. The molecule has 2 fully saturated rings. The van der Waals surface area contributed by atoms with E-state index in [-0.39, 0.29) is 17.6 Å². The third-order valence-electron chi connectivity index (χ3n) is 5.85. The van der Waals surface area contributed by atoms with E-state index in [0.29, 0.717) is 35.6 Å². The second-order valence-electron chi connectivity index (χ2n) is 7.87. The van der Waals surface area contributed by atoms with Crippen LogP contribution in [0.2, 0.25) is 0 Å². The second kappa shape index (κ2) is 7.26. The standard InChI is InChI=1S/C22H18FN5O4/c1-22(20(30)25-21(31)26-22)13-4-2-12(3-5-13)17-24-18(32-27-17)16-10-11-28(19(16)29)15-8-6-14(23)7-9-15/h2-9,16H,10-11H2,1H3,(H2,25,26,30,31). The number of hydrogen-bond donors (Lipinski definition) is 2. The van der Waals surface area contributed by atoms with Crippen LogP contribution in [-0.2, 0) is 15.1 Å². The smallest absolute Gasteiger partial charge is 0.322 e. The van der Waals surface area contributed by atoms with E-state index in [2.05, 4.69) is 20.8 Å². The van der Waals surface area contributed by atoms with E-state index in [0.717, 1.165) is 0 Å². The molecule has 32 heavy (non-hydrogen) atoms. The van der Waals surface area contributed by atoms with Crippen LogP contribution in [0.15, 0.2) is 53.1 Å². The van der Waals surface area contributed by atoms with Crippen LogP contribution in [0.3, 0.4) is 0 Å². The highest BCUT2D eigenvalue weighted by atomic mass is 19.1. The van der Waals surface area contributed by atoms with Crippen LogP contribution in [0, 0.1) is 5.82 Å². The van der Waals surface area contributed by atoms with Crippen molar-refractivity contribution in [3.8, 4) is 11.4 Å². The van der Waals surface area contributed by atoms with Gasteiger partial charge in [0.25, 0.3) is 5.91 Å². The van der Waals surface area contributed by atoms with Gasteiger partial charge in [0.1, 0.15) is 17.3 Å². The number of imide groups is 1. The summed E-state index contributed by atoms with van der Waals surface area (Å²) in [6.07, 6.45) is 0.504. The van der Waals surface area contributed by atoms with Gasteiger partial charge in [-0.1, -0.05) is 29.4 Å². The number of benzene rings is 2. The van der Waals surface area contributed by atoms with Gasteiger partial charge in [-0.3, -0.25) is 14.9 Å². The molecule has 0 aliphatic carbocycles. The van der Waals surface area contributed by atoms with Gasteiger partial charge >= 0.3 is 6.03 Å². The molecule has 4 amide bonds. The second-order valence-corrected chi connectivity index (χ2v) is 7.87. The Morgan fingerprint density at radius 1 is 1.09 bits per heavy atom. The Morgan fingerprint density at radius 3 is 2.47 bits per heavy atom. The van der Waals surface area contributed by atoms with E-state index in [9.17, 15) is 18.8 Å². The van der Waals surface area contributed by atoms with Crippen molar-refractivity contribution in [1.29, 1.82) is 0 Å². The molecule has 2 aromatic carbocycles. The van der Waals surface area contributed by atoms with E-state index in [1.54, 1.807) is 48.2 Å². The summed E-state index contributed by atoms with van der Waals surface area (Å²) in [5.74, 6) is -1.02. The number of anilines is 1. The lowest BCUT2D eigenvalue weighted by Crippen LogP contribution is -2.40. The lowest BCUT2D eigenvalue weighted by atomic mass is 9.91. The maximum Gasteiger partial charge on any atom is 0.322 e. The third kappa shape index (κ3) is 3.20. The molecule has 2 aliphatic rings. The molecule has 2 unspecified atom stereocenters. The van der Waals surface area contributed by atoms with Gasteiger partial charge in [0.2, 0.25) is 17.6 Å². The average Bonchev–Trinajstić information content (AvgIpc) is 3.47. The lowest BCUT2D eigenvalue weighted by Gasteiger charge is -2.20. The van der Waals surface area contributed by atoms with Gasteiger partial charge in [-0.15, -0.1) is 0 Å². The summed E-state index contributed by atoms with van der Waals surface area (Å²) in [7, 11) is 0. The number of rotatable bonds is 4. The highest BCUT2D eigenvalue weighted by Crippen LogP contribution is 2.33. The zero-order valence-electron chi connectivity index (χ0n) is 17.0. The molecule has 2 aliphatic heterocycles. The Labute approximate surface area is 181 Å². The Balaban J connectivity index is 1.34. The fraction of sp³-hybridized carbons (Fsp3) is 0.227. The Morgan fingerprint density at radius 2 is 1.81 bits per heavy atom. The number of urea groups is 1. The summed E-state index contributed by atoms with van der Waals surface area (Å²) >= 11 is 0. The highest BCUT2D eigenvalue weighted by molar-refractivity contribution is 6.07. The van der Waals surface area contributed by atoms with Crippen LogP contribution >= 0.6 is 0 Å². The molecule has 10 heteroatoms.